The molecule has 144 valence electrons. The minimum atomic E-state index is -0.703. The molecule has 0 radical (unpaired) electrons. The summed E-state index contributed by atoms with van der Waals surface area (Å²) in [6.45, 7) is 0.973. The number of nitrogens with one attached hydrogen (secondary N) is 2. The highest BCUT2D eigenvalue weighted by atomic mass is 32.1. The van der Waals surface area contributed by atoms with Gasteiger partial charge in [-0.2, -0.15) is 11.3 Å². The molecule has 0 saturated heterocycles. The third-order valence-corrected chi connectivity index (χ3v) is 4.59. The van der Waals surface area contributed by atoms with Crippen molar-refractivity contribution in [2.45, 2.75) is 25.6 Å². The number of nitrogen functional groups attached to an aromatic ring is 1. The molecule has 2 rings (SSSR count). The van der Waals surface area contributed by atoms with Gasteiger partial charge in [0.05, 0.1) is 24.8 Å². The first-order valence-corrected chi connectivity index (χ1v) is 9.16. The summed E-state index contributed by atoms with van der Waals surface area (Å²) in [5.74, 6) is -0.685. The average Bonchev–Trinajstić information content (AvgIpc) is 3.18. The average molecular weight is 390 g/mol. The molecule has 2 aromatic rings. The molecule has 9 heteroatoms. The van der Waals surface area contributed by atoms with E-state index >= 15 is 0 Å². The van der Waals surface area contributed by atoms with Crippen molar-refractivity contribution >= 4 is 35.0 Å². The van der Waals surface area contributed by atoms with Crippen molar-refractivity contribution in [3.63, 3.8) is 0 Å². The van der Waals surface area contributed by atoms with Crippen LogP contribution in [0.2, 0.25) is 0 Å². The summed E-state index contributed by atoms with van der Waals surface area (Å²) in [7, 11) is 0. The lowest BCUT2D eigenvalue weighted by atomic mass is 10.1. The van der Waals surface area contributed by atoms with Gasteiger partial charge in [0, 0.05) is 23.9 Å². The van der Waals surface area contributed by atoms with E-state index in [1.807, 2.05) is 16.8 Å². The van der Waals surface area contributed by atoms with Gasteiger partial charge in [-0.15, -0.1) is 0 Å². The standard InChI is InChI=1S/C18H22N4O4S/c1-11(21-16(25)3-2-12-4-5-27-10-12)15(9-24)22-18(26)13-6-14(8-23)17(19)20-7-13/h2-7,10-11,15,23-24H,8-9H2,1H3,(H2,19,20)(H,21,25)(H,22,26)/b3-2+/t11-,15+/m0/s1. The maximum Gasteiger partial charge on any atom is 0.253 e. The molecule has 0 aliphatic carbocycles. The second-order valence-electron chi connectivity index (χ2n) is 5.88. The fourth-order valence-electron chi connectivity index (χ4n) is 2.27. The summed E-state index contributed by atoms with van der Waals surface area (Å²) in [5, 5.41) is 28.0. The zero-order valence-corrected chi connectivity index (χ0v) is 15.6. The zero-order valence-electron chi connectivity index (χ0n) is 14.8. The Kier molecular flexibility index (Phi) is 7.47. The van der Waals surface area contributed by atoms with Gasteiger partial charge in [0.2, 0.25) is 5.91 Å². The second-order valence-corrected chi connectivity index (χ2v) is 6.66. The molecule has 8 nitrogen and oxygen atoms in total. The normalized spacial score (nSPS) is 13.3. The number of aromatic nitrogens is 1. The smallest absolute Gasteiger partial charge is 0.253 e. The molecule has 2 aromatic heterocycles. The number of hydrogen-bond donors (Lipinski definition) is 5. The molecule has 2 atom stereocenters. The van der Waals surface area contributed by atoms with Crippen LogP contribution in [0.4, 0.5) is 5.82 Å². The fourth-order valence-corrected chi connectivity index (χ4v) is 2.90. The topological polar surface area (TPSA) is 138 Å². The van der Waals surface area contributed by atoms with E-state index in [4.69, 9.17) is 5.73 Å². The molecule has 2 heterocycles. The molecule has 6 N–H and O–H groups in total. The number of rotatable bonds is 8. The van der Waals surface area contributed by atoms with Crippen LogP contribution in [0.15, 0.2) is 35.2 Å². The van der Waals surface area contributed by atoms with E-state index in [0.29, 0.717) is 5.56 Å². The number of carbonyl (C=O) groups excluding carboxylic acids is 2. The van der Waals surface area contributed by atoms with Gasteiger partial charge in [-0.1, -0.05) is 0 Å². The van der Waals surface area contributed by atoms with E-state index in [2.05, 4.69) is 15.6 Å². The largest absolute Gasteiger partial charge is 0.394 e. The number of pyridine rings is 1. The van der Waals surface area contributed by atoms with Crippen molar-refractivity contribution in [1.29, 1.82) is 0 Å². The molecule has 0 spiro atoms. The first-order valence-electron chi connectivity index (χ1n) is 8.22. The molecule has 0 saturated carbocycles. The quantitative estimate of drug-likeness (QED) is 0.417. The van der Waals surface area contributed by atoms with Crippen LogP contribution in [-0.2, 0) is 11.4 Å². The van der Waals surface area contributed by atoms with Crippen LogP contribution in [0.25, 0.3) is 6.08 Å². The number of aliphatic hydroxyl groups is 2. The van der Waals surface area contributed by atoms with E-state index in [0.717, 1.165) is 5.56 Å². The van der Waals surface area contributed by atoms with Crippen molar-refractivity contribution in [3.05, 3.63) is 51.9 Å². The van der Waals surface area contributed by atoms with Crippen LogP contribution in [0, 0.1) is 0 Å². The van der Waals surface area contributed by atoms with Crippen LogP contribution >= 0.6 is 11.3 Å². The Morgan fingerprint density at radius 1 is 1.37 bits per heavy atom. The molecule has 27 heavy (non-hydrogen) atoms. The Hall–Kier alpha value is -2.75. The Morgan fingerprint density at radius 3 is 2.78 bits per heavy atom. The lowest BCUT2D eigenvalue weighted by Gasteiger charge is -2.24. The molecule has 0 aliphatic heterocycles. The minimum Gasteiger partial charge on any atom is -0.394 e. The van der Waals surface area contributed by atoms with Crippen LogP contribution in [-0.4, -0.2) is 45.7 Å². The van der Waals surface area contributed by atoms with Gasteiger partial charge < -0.3 is 26.6 Å². The van der Waals surface area contributed by atoms with E-state index in [1.54, 1.807) is 13.0 Å². The maximum atomic E-state index is 12.4. The van der Waals surface area contributed by atoms with Gasteiger partial charge in [-0.3, -0.25) is 9.59 Å². The minimum absolute atomic E-state index is 0.144. The fraction of sp³-hybridized carbons (Fsp3) is 0.278. The zero-order chi connectivity index (χ0) is 19.8. The van der Waals surface area contributed by atoms with Crippen molar-refractivity contribution in [3.8, 4) is 0 Å². The predicted molar refractivity (Wildman–Crippen MR) is 104 cm³/mol. The Morgan fingerprint density at radius 2 is 2.15 bits per heavy atom. The summed E-state index contributed by atoms with van der Waals surface area (Å²) in [6, 6.07) is 2.10. The number of amides is 2. The van der Waals surface area contributed by atoms with Crippen molar-refractivity contribution < 1.29 is 19.8 Å². The number of aliphatic hydroxyl groups excluding tert-OH is 2. The van der Waals surface area contributed by atoms with Gasteiger partial charge in [-0.05, 0) is 41.5 Å². The number of nitrogens with zero attached hydrogens (tertiary/aromatic N) is 1. The molecular formula is C18H22N4O4S. The van der Waals surface area contributed by atoms with Gasteiger partial charge in [-0.25, -0.2) is 4.98 Å². The van der Waals surface area contributed by atoms with Crippen LogP contribution in [0.3, 0.4) is 0 Å². The van der Waals surface area contributed by atoms with Crippen LogP contribution in [0.5, 0.6) is 0 Å². The van der Waals surface area contributed by atoms with Gasteiger partial charge >= 0.3 is 0 Å². The first kappa shape index (κ1) is 20.6. The Bertz CT molecular complexity index is 808. The number of hydrogen-bond acceptors (Lipinski definition) is 7. The third-order valence-electron chi connectivity index (χ3n) is 3.89. The molecular weight excluding hydrogens is 368 g/mol. The molecule has 0 unspecified atom stereocenters. The SMILES string of the molecule is C[C@H](NC(=O)/C=C/c1ccsc1)[C@@H](CO)NC(=O)c1cnc(N)c(CO)c1. The van der Waals surface area contributed by atoms with Crippen molar-refractivity contribution in [2.24, 2.45) is 0 Å². The van der Waals surface area contributed by atoms with Crippen molar-refractivity contribution in [2.75, 3.05) is 12.3 Å². The molecule has 0 bridgehead atoms. The molecule has 0 aromatic carbocycles. The van der Waals surface area contributed by atoms with E-state index < -0.39 is 18.0 Å². The van der Waals surface area contributed by atoms with E-state index in [-0.39, 0.29) is 30.5 Å². The Balaban J connectivity index is 1.96. The first-order chi connectivity index (χ1) is 12.9. The third kappa shape index (κ3) is 5.88. The van der Waals surface area contributed by atoms with Crippen LogP contribution in [0.1, 0.15) is 28.4 Å². The summed E-state index contributed by atoms with van der Waals surface area (Å²) < 4.78 is 0. The Labute approximate surface area is 160 Å². The van der Waals surface area contributed by atoms with Crippen molar-refractivity contribution in [1.82, 2.24) is 15.6 Å². The molecule has 0 fully saturated rings. The lowest BCUT2D eigenvalue weighted by Crippen LogP contribution is -2.51. The predicted octanol–water partition coefficient (Wildman–Crippen LogP) is 0.526. The maximum absolute atomic E-state index is 12.4. The monoisotopic (exact) mass is 390 g/mol. The van der Waals surface area contributed by atoms with E-state index in [9.17, 15) is 19.8 Å². The summed E-state index contributed by atoms with van der Waals surface area (Å²) >= 11 is 1.53. The lowest BCUT2D eigenvalue weighted by molar-refractivity contribution is -0.117. The molecule has 2 amide bonds. The second kappa shape index (κ2) is 9.81. The summed E-state index contributed by atoms with van der Waals surface area (Å²) in [6.07, 6.45) is 4.36. The highest BCUT2D eigenvalue weighted by Crippen LogP contribution is 2.11. The number of anilines is 1. The molecule has 0 aliphatic rings. The van der Waals surface area contributed by atoms with Crippen LogP contribution < -0.4 is 16.4 Å². The van der Waals surface area contributed by atoms with Gasteiger partial charge in [0.25, 0.3) is 5.91 Å². The highest BCUT2D eigenvalue weighted by Gasteiger charge is 2.21. The number of thiophene rings is 1. The summed E-state index contributed by atoms with van der Waals surface area (Å²) in [5.41, 5.74) is 7.05. The summed E-state index contributed by atoms with van der Waals surface area (Å²) in [4.78, 5) is 28.2. The van der Waals surface area contributed by atoms with Gasteiger partial charge in [0.1, 0.15) is 5.82 Å². The van der Waals surface area contributed by atoms with Gasteiger partial charge in [0.15, 0.2) is 0 Å². The van der Waals surface area contributed by atoms with E-state index in [1.165, 1.54) is 29.7 Å². The highest BCUT2D eigenvalue weighted by molar-refractivity contribution is 7.08. The number of carbonyl (C=O) groups is 2. The number of nitrogens with two attached hydrogens (primary N) is 1.